The van der Waals surface area contributed by atoms with Crippen molar-refractivity contribution >= 4 is 23.3 Å². The molecule has 2 rings (SSSR count). The van der Waals surface area contributed by atoms with Crippen molar-refractivity contribution in [1.82, 2.24) is 0 Å². The Morgan fingerprint density at radius 1 is 0.552 bits per heavy atom. The predicted molar refractivity (Wildman–Crippen MR) is 115 cm³/mol. The highest BCUT2D eigenvalue weighted by atomic mass is 16.5. The third kappa shape index (κ3) is 9.65. The van der Waals surface area contributed by atoms with Gasteiger partial charge in [-0.15, -0.1) is 0 Å². The van der Waals surface area contributed by atoms with Crippen molar-refractivity contribution in [2.45, 2.75) is 57.8 Å². The number of carbonyl (C=O) groups excluding carboxylic acids is 2. The molecule has 0 saturated heterocycles. The lowest BCUT2D eigenvalue weighted by Crippen LogP contribution is -2.07. The smallest absolute Gasteiger partial charge is 0.311 e. The molecule has 6 nitrogen and oxygen atoms in total. The van der Waals surface area contributed by atoms with Crippen molar-refractivity contribution in [1.29, 1.82) is 0 Å². The standard InChI is InChI=1S/C23H30N2O4/c24-18-10-14-20(15-11-18)28-22(26)8-6-4-2-1-3-5-7-9-23(27)29-21-16-12-19(25)13-17-21/h10-17H,1-9,24-25H2. The Balaban J connectivity index is 1.42. The Hall–Kier alpha value is -3.02. The van der Waals surface area contributed by atoms with E-state index in [1.165, 1.54) is 0 Å². The third-order valence-electron chi connectivity index (χ3n) is 4.49. The Bertz CT molecular complexity index is 692. The summed E-state index contributed by atoms with van der Waals surface area (Å²) < 4.78 is 10.5. The average Bonchev–Trinajstić information content (AvgIpc) is 2.70. The van der Waals surface area contributed by atoms with Gasteiger partial charge in [0.15, 0.2) is 0 Å². The van der Waals surface area contributed by atoms with E-state index >= 15 is 0 Å². The van der Waals surface area contributed by atoms with Crippen molar-refractivity contribution in [3.05, 3.63) is 48.5 Å². The molecule has 29 heavy (non-hydrogen) atoms. The van der Waals surface area contributed by atoms with Crippen LogP contribution in [0.25, 0.3) is 0 Å². The van der Waals surface area contributed by atoms with Crippen molar-refractivity contribution in [2.75, 3.05) is 11.5 Å². The molecule has 0 aliphatic carbocycles. The number of carbonyl (C=O) groups is 2. The zero-order valence-electron chi connectivity index (χ0n) is 16.8. The molecule has 0 saturated carbocycles. The van der Waals surface area contributed by atoms with E-state index in [9.17, 15) is 9.59 Å². The molecule has 0 fully saturated rings. The van der Waals surface area contributed by atoms with Gasteiger partial charge in [0.25, 0.3) is 0 Å². The minimum absolute atomic E-state index is 0.214. The Labute approximate surface area is 172 Å². The summed E-state index contributed by atoms with van der Waals surface area (Å²) in [6, 6.07) is 13.6. The van der Waals surface area contributed by atoms with E-state index in [-0.39, 0.29) is 11.9 Å². The van der Waals surface area contributed by atoms with Crippen molar-refractivity contribution in [2.24, 2.45) is 0 Å². The molecule has 0 aromatic heterocycles. The van der Waals surface area contributed by atoms with Crippen LogP contribution in [0.1, 0.15) is 57.8 Å². The van der Waals surface area contributed by atoms with Gasteiger partial charge in [-0.3, -0.25) is 9.59 Å². The van der Waals surface area contributed by atoms with E-state index in [1.807, 2.05) is 0 Å². The molecule has 0 aliphatic heterocycles. The highest BCUT2D eigenvalue weighted by molar-refractivity contribution is 5.72. The van der Waals surface area contributed by atoms with E-state index in [4.69, 9.17) is 20.9 Å². The number of unbranched alkanes of at least 4 members (excludes halogenated alkanes) is 6. The minimum Gasteiger partial charge on any atom is -0.427 e. The summed E-state index contributed by atoms with van der Waals surface area (Å²) in [6.07, 6.45) is 7.72. The molecule has 4 N–H and O–H groups in total. The summed E-state index contributed by atoms with van der Waals surface area (Å²) >= 11 is 0. The summed E-state index contributed by atoms with van der Waals surface area (Å²) in [4.78, 5) is 23.6. The van der Waals surface area contributed by atoms with Gasteiger partial charge in [0, 0.05) is 24.2 Å². The van der Waals surface area contributed by atoms with Crippen LogP contribution in [0, 0.1) is 0 Å². The summed E-state index contributed by atoms with van der Waals surface area (Å²) in [5.41, 5.74) is 12.5. The van der Waals surface area contributed by atoms with E-state index in [0.29, 0.717) is 35.7 Å². The first kappa shape index (κ1) is 22.3. The van der Waals surface area contributed by atoms with Crippen LogP contribution in [0.15, 0.2) is 48.5 Å². The molecular weight excluding hydrogens is 368 g/mol. The summed E-state index contributed by atoms with van der Waals surface area (Å²) in [7, 11) is 0. The van der Waals surface area contributed by atoms with Gasteiger partial charge in [-0.1, -0.05) is 32.1 Å². The fourth-order valence-corrected chi connectivity index (χ4v) is 2.86. The van der Waals surface area contributed by atoms with E-state index in [2.05, 4.69) is 0 Å². The van der Waals surface area contributed by atoms with Crippen LogP contribution in [0.3, 0.4) is 0 Å². The van der Waals surface area contributed by atoms with Gasteiger partial charge in [0.05, 0.1) is 0 Å². The quantitative estimate of drug-likeness (QED) is 0.229. The molecule has 0 atom stereocenters. The number of benzene rings is 2. The number of anilines is 2. The Kier molecular flexibility index (Phi) is 9.55. The van der Waals surface area contributed by atoms with Crippen LogP contribution in [0.2, 0.25) is 0 Å². The first-order valence-corrected chi connectivity index (χ1v) is 10.2. The van der Waals surface area contributed by atoms with Gasteiger partial charge < -0.3 is 20.9 Å². The van der Waals surface area contributed by atoms with Gasteiger partial charge in [-0.25, -0.2) is 0 Å². The third-order valence-corrected chi connectivity index (χ3v) is 4.49. The largest absolute Gasteiger partial charge is 0.427 e. The average molecular weight is 399 g/mol. The number of hydrogen-bond donors (Lipinski definition) is 2. The lowest BCUT2D eigenvalue weighted by atomic mass is 10.1. The van der Waals surface area contributed by atoms with Gasteiger partial charge in [-0.2, -0.15) is 0 Å². The van der Waals surface area contributed by atoms with Crippen molar-refractivity contribution in [3.8, 4) is 11.5 Å². The molecule has 0 spiro atoms. The second-order valence-electron chi connectivity index (χ2n) is 7.06. The molecule has 2 aromatic carbocycles. The molecule has 0 amide bonds. The number of nitrogens with two attached hydrogens (primary N) is 2. The molecule has 0 unspecified atom stereocenters. The van der Waals surface area contributed by atoms with Crippen LogP contribution in [-0.4, -0.2) is 11.9 Å². The van der Waals surface area contributed by atoms with E-state index in [0.717, 1.165) is 44.9 Å². The normalized spacial score (nSPS) is 10.5. The van der Waals surface area contributed by atoms with Crippen LogP contribution in [0.5, 0.6) is 11.5 Å². The lowest BCUT2D eigenvalue weighted by molar-refractivity contribution is -0.135. The topological polar surface area (TPSA) is 105 Å². The Morgan fingerprint density at radius 2 is 0.862 bits per heavy atom. The molecule has 6 heteroatoms. The van der Waals surface area contributed by atoms with Crippen molar-refractivity contribution in [3.63, 3.8) is 0 Å². The Morgan fingerprint density at radius 3 is 1.21 bits per heavy atom. The maximum Gasteiger partial charge on any atom is 0.311 e. The van der Waals surface area contributed by atoms with Crippen LogP contribution in [0.4, 0.5) is 11.4 Å². The van der Waals surface area contributed by atoms with Crippen molar-refractivity contribution < 1.29 is 19.1 Å². The molecular formula is C23H30N2O4. The first-order chi connectivity index (χ1) is 14.0. The second kappa shape index (κ2) is 12.4. The fraction of sp³-hybridized carbons (Fsp3) is 0.391. The molecule has 0 heterocycles. The van der Waals surface area contributed by atoms with Crippen LogP contribution >= 0.6 is 0 Å². The molecule has 2 aromatic rings. The zero-order valence-corrected chi connectivity index (χ0v) is 16.8. The van der Waals surface area contributed by atoms with Gasteiger partial charge in [0.1, 0.15) is 11.5 Å². The van der Waals surface area contributed by atoms with Crippen LogP contribution < -0.4 is 20.9 Å². The molecule has 0 aliphatic rings. The second-order valence-corrected chi connectivity index (χ2v) is 7.06. The highest BCUT2D eigenvalue weighted by Gasteiger charge is 2.06. The number of rotatable bonds is 12. The van der Waals surface area contributed by atoms with Gasteiger partial charge in [0.2, 0.25) is 0 Å². The number of hydrogen-bond acceptors (Lipinski definition) is 6. The predicted octanol–water partition coefficient (Wildman–Crippen LogP) is 4.87. The monoisotopic (exact) mass is 398 g/mol. The van der Waals surface area contributed by atoms with E-state index in [1.54, 1.807) is 48.5 Å². The summed E-state index contributed by atoms with van der Waals surface area (Å²) in [5.74, 6) is 0.627. The SMILES string of the molecule is Nc1ccc(OC(=O)CCCCCCCCCC(=O)Oc2ccc(N)cc2)cc1. The summed E-state index contributed by atoms with van der Waals surface area (Å²) in [6.45, 7) is 0. The molecule has 156 valence electrons. The van der Waals surface area contributed by atoms with Gasteiger partial charge in [-0.05, 0) is 61.4 Å². The van der Waals surface area contributed by atoms with E-state index < -0.39 is 0 Å². The maximum absolute atomic E-state index is 11.8. The number of ether oxygens (including phenoxy) is 2. The van der Waals surface area contributed by atoms with Gasteiger partial charge >= 0.3 is 11.9 Å². The lowest BCUT2D eigenvalue weighted by Gasteiger charge is -2.05. The number of esters is 2. The fourth-order valence-electron chi connectivity index (χ4n) is 2.86. The molecule has 0 radical (unpaired) electrons. The zero-order chi connectivity index (χ0) is 20.9. The van der Waals surface area contributed by atoms with Crippen LogP contribution in [-0.2, 0) is 9.59 Å². The minimum atomic E-state index is -0.214. The summed E-state index contributed by atoms with van der Waals surface area (Å²) in [5, 5.41) is 0. The number of nitrogen functional groups attached to an aromatic ring is 2. The maximum atomic E-state index is 11.8. The highest BCUT2D eigenvalue weighted by Crippen LogP contribution is 2.16. The first-order valence-electron chi connectivity index (χ1n) is 10.2. The molecule has 0 bridgehead atoms.